The van der Waals surface area contributed by atoms with Crippen molar-refractivity contribution in [3.05, 3.63) is 23.8 Å². The first-order valence-corrected chi connectivity index (χ1v) is 7.96. The minimum absolute atomic E-state index is 0.295. The third-order valence-corrected chi connectivity index (χ3v) is 4.39. The first-order valence-electron chi connectivity index (χ1n) is 7.96. The van der Waals surface area contributed by atoms with Crippen LogP contribution < -0.4 is 15.4 Å². The van der Waals surface area contributed by atoms with Crippen LogP contribution in [0.3, 0.4) is 0 Å². The van der Waals surface area contributed by atoms with Crippen molar-refractivity contribution in [3.63, 3.8) is 0 Å². The van der Waals surface area contributed by atoms with E-state index in [-0.39, 0.29) is 0 Å². The molecule has 20 heavy (non-hydrogen) atoms. The molecular formula is C17H26N2O. The maximum Gasteiger partial charge on any atom is 0.142 e. The average Bonchev–Trinajstić information content (AvgIpc) is 3.24. The molecule has 1 saturated carbocycles. The first kappa shape index (κ1) is 13.7. The molecule has 2 N–H and O–H groups in total. The van der Waals surface area contributed by atoms with Crippen molar-refractivity contribution in [3.8, 4) is 5.75 Å². The maximum absolute atomic E-state index is 6.12. The van der Waals surface area contributed by atoms with Crippen LogP contribution in [0.4, 0.5) is 5.69 Å². The SMILES string of the molecule is Cc1ccc(OCCC2CC2)c(N2CCCC(N)C2)c1. The zero-order valence-corrected chi connectivity index (χ0v) is 12.5. The number of hydrogen-bond donors (Lipinski definition) is 1. The summed E-state index contributed by atoms with van der Waals surface area (Å²) in [6.07, 6.45) is 6.31. The Morgan fingerprint density at radius 1 is 1.30 bits per heavy atom. The number of hydrogen-bond acceptors (Lipinski definition) is 3. The number of anilines is 1. The minimum atomic E-state index is 0.295. The van der Waals surface area contributed by atoms with Crippen molar-refractivity contribution in [1.82, 2.24) is 0 Å². The molecule has 2 fully saturated rings. The van der Waals surface area contributed by atoms with Crippen LogP contribution in [0, 0.1) is 12.8 Å². The van der Waals surface area contributed by atoms with Crippen molar-refractivity contribution in [2.24, 2.45) is 11.7 Å². The summed E-state index contributed by atoms with van der Waals surface area (Å²) in [6.45, 7) is 5.03. The molecule has 3 heteroatoms. The highest BCUT2D eigenvalue weighted by Gasteiger charge is 2.22. The van der Waals surface area contributed by atoms with Gasteiger partial charge in [-0.2, -0.15) is 0 Å². The molecule has 3 nitrogen and oxygen atoms in total. The second-order valence-electron chi connectivity index (χ2n) is 6.40. The number of rotatable bonds is 5. The van der Waals surface area contributed by atoms with E-state index in [4.69, 9.17) is 10.5 Å². The van der Waals surface area contributed by atoms with E-state index in [1.54, 1.807) is 0 Å². The zero-order chi connectivity index (χ0) is 13.9. The molecule has 1 aromatic carbocycles. The summed E-state index contributed by atoms with van der Waals surface area (Å²) in [4.78, 5) is 2.40. The van der Waals surface area contributed by atoms with Gasteiger partial charge < -0.3 is 15.4 Å². The Balaban J connectivity index is 1.70. The molecule has 0 aromatic heterocycles. The Hall–Kier alpha value is -1.22. The van der Waals surface area contributed by atoms with Crippen LogP contribution in [-0.2, 0) is 0 Å². The van der Waals surface area contributed by atoms with Gasteiger partial charge in [-0.15, -0.1) is 0 Å². The normalized spacial score (nSPS) is 22.9. The van der Waals surface area contributed by atoms with Crippen LogP contribution in [0.5, 0.6) is 5.75 Å². The monoisotopic (exact) mass is 274 g/mol. The van der Waals surface area contributed by atoms with E-state index in [0.29, 0.717) is 6.04 Å². The molecular weight excluding hydrogens is 248 g/mol. The van der Waals surface area contributed by atoms with Crippen LogP contribution in [0.2, 0.25) is 0 Å². The lowest BCUT2D eigenvalue weighted by Crippen LogP contribution is -2.43. The van der Waals surface area contributed by atoms with Gasteiger partial charge in [0.05, 0.1) is 12.3 Å². The molecule has 1 heterocycles. The predicted octanol–water partition coefficient (Wildman–Crippen LogP) is 3.10. The summed E-state index contributed by atoms with van der Waals surface area (Å²) in [5, 5.41) is 0. The number of ether oxygens (including phenoxy) is 1. The van der Waals surface area contributed by atoms with E-state index < -0.39 is 0 Å². The van der Waals surface area contributed by atoms with E-state index in [9.17, 15) is 0 Å². The molecule has 3 rings (SSSR count). The summed E-state index contributed by atoms with van der Waals surface area (Å²) < 4.78 is 6.05. The van der Waals surface area contributed by atoms with Gasteiger partial charge in [0.15, 0.2) is 0 Å². The predicted molar refractivity (Wildman–Crippen MR) is 83.4 cm³/mol. The lowest BCUT2D eigenvalue weighted by Gasteiger charge is -2.33. The smallest absolute Gasteiger partial charge is 0.142 e. The quantitative estimate of drug-likeness (QED) is 0.896. The van der Waals surface area contributed by atoms with E-state index in [1.807, 2.05) is 0 Å². The Morgan fingerprint density at radius 2 is 2.15 bits per heavy atom. The van der Waals surface area contributed by atoms with Crippen LogP contribution in [0.15, 0.2) is 18.2 Å². The highest BCUT2D eigenvalue weighted by atomic mass is 16.5. The zero-order valence-electron chi connectivity index (χ0n) is 12.5. The number of benzene rings is 1. The van der Waals surface area contributed by atoms with Gasteiger partial charge in [-0.25, -0.2) is 0 Å². The summed E-state index contributed by atoms with van der Waals surface area (Å²) in [5.41, 5.74) is 8.63. The fraction of sp³-hybridized carbons (Fsp3) is 0.647. The highest BCUT2D eigenvalue weighted by molar-refractivity contribution is 5.60. The fourth-order valence-corrected chi connectivity index (χ4v) is 2.97. The largest absolute Gasteiger partial charge is 0.491 e. The van der Waals surface area contributed by atoms with Crippen molar-refractivity contribution >= 4 is 5.69 Å². The molecule has 110 valence electrons. The molecule has 1 atom stereocenters. The van der Waals surface area contributed by atoms with Gasteiger partial charge in [-0.1, -0.05) is 18.9 Å². The van der Waals surface area contributed by atoms with Crippen molar-refractivity contribution < 1.29 is 4.74 Å². The molecule has 1 aliphatic carbocycles. The summed E-state index contributed by atoms with van der Waals surface area (Å²) in [7, 11) is 0. The third-order valence-electron chi connectivity index (χ3n) is 4.39. The van der Waals surface area contributed by atoms with Crippen molar-refractivity contribution in [2.75, 3.05) is 24.6 Å². The van der Waals surface area contributed by atoms with Gasteiger partial charge in [0.2, 0.25) is 0 Å². The van der Waals surface area contributed by atoms with Gasteiger partial charge >= 0.3 is 0 Å². The van der Waals surface area contributed by atoms with Gasteiger partial charge in [-0.3, -0.25) is 0 Å². The third kappa shape index (κ3) is 3.45. The molecule has 2 aliphatic rings. The topological polar surface area (TPSA) is 38.5 Å². The second kappa shape index (κ2) is 6.04. The standard InChI is InChI=1S/C17H26N2O/c1-13-4-7-17(20-10-8-14-5-6-14)16(11-13)19-9-2-3-15(18)12-19/h4,7,11,14-15H,2-3,5-6,8-10,12,18H2,1H3. The molecule has 1 saturated heterocycles. The summed E-state index contributed by atoms with van der Waals surface area (Å²) >= 11 is 0. The molecule has 0 bridgehead atoms. The van der Waals surface area contributed by atoms with E-state index in [0.717, 1.165) is 37.8 Å². The van der Waals surface area contributed by atoms with Crippen molar-refractivity contribution in [2.45, 2.75) is 45.1 Å². The van der Waals surface area contributed by atoms with Gasteiger partial charge in [-0.05, 0) is 49.8 Å². The van der Waals surface area contributed by atoms with E-state index >= 15 is 0 Å². The molecule has 0 amide bonds. The Labute approximate surface area is 122 Å². The molecule has 1 aliphatic heterocycles. The van der Waals surface area contributed by atoms with Crippen LogP contribution in [0.25, 0.3) is 0 Å². The van der Waals surface area contributed by atoms with E-state index in [2.05, 4.69) is 30.0 Å². The molecule has 0 spiro atoms. The minimum Gasteiger partial charge on any atom is -0.491 e. The van der Waals surface area contributed by atoms with Gasteiger partial charge in [0, 0.05) is 19.1 Å². The van der Waals surface area contributed by atoms with Crippen LogP contribution >= 0.6 is 0 Å². The van der Waals surface area contributed by atoms with Crippen molar-refractivity contribution in [1.29, 1.82) is 0 Å². The van der Waals surface area contributed by atoms with Gasteiger partial charge in [0.25, 0.3) is 0 Å². The maximum atomic E-state index is 6.12. The average molecular weight is 274 g/mol. The number of piperidine rings is 1. The lowest BCUT2D eigenvalue weighted by molar-refractivity contribution is 0.302. The van der Waals surface area contributed by atoms with Crippen LogP contribution in [-0.4, -0.2) is 25.7 Å². The number of nitrogens with zero attached hydrogens (tertiary/aromatic N) is 1. The Bertz CT molecular complexity index is 456. The Morgan fingerprint density at radius 3 is 2.90 bits per heavy atom. The second-order valence-corrected chi connectivity index (χ2v) is 6.40. The highest BCUT2D eigenvalue weighted by Crippen LogP contribution is 2.34. The first-order chi connectivity index (χ1) is 9.72. The van der Waals surface area contributed by atoms with Crippen LogP contribution in [0.1, 0.15) is 37.7 Å². The number of aryl methyl sites for hydroxylation is 1. The number of nitrogens with two attached hydrogens (primary N) is 1. The summed E-state index contributed by atoms with van der Waals surface area (Å²) in [6, 6.07) is 6.80. The molecule has 0 radical (unpaired) electrons. The van der Waals surface area contributed by atoms with Gasteiger partial charge in [0.1, 0.15) is 5.75 Å². The van der Waals surface area contributed by atoms with E-state index in [1.165, 1.54) is 36.9 Å². The molecule has 1 aromatic rings. The molecule has 1 unspecified atom stereocenters. The fourth-order valence-electron chi connectivity index (χ4n) is 2.97. The lowest BCUT2D eigenvalue weighted by atomic mass is 10.0. The summed E-state index contributed by atoms with van der Waals surface area (Å²) in [5.74, 6) is 1.96. The Kier molecular flexibility index (Phi) is 4.16.